The van der Waals surface area contributed by atoms with E-state index in [2.05, 4.69) is 10.2 Å². The van der Waals surface area contributed by atoms with Gasteiger partial charge in [0.25, 0.3) is 0 Å². The lowest BCUT2D eigenvalue weighted by molar-refractivity contribution is 1.09. The number of hydrogen-bond donors (Lipinski definition) is 1. The molecule has 1 N–H and O–H groups in total. The van der Waals surface area contributed by atoms with Gasteiger partial charge in [-0.1, -0.05) is 30.3 Å². The first-order valence-corrected chi connectivity index (χ1v) is 4.49. The second-order valence-electron chi connectivity index (χ2n) is 2.80. The quantitative estimate of drug-likeness (QED) is 0.729. The van der Waals surface area contributed by atoms with Crippen molar-refractivity contribution in [3.63, 3.8) is 0 Å². The molecule has 0 aliphatic carbocycles. The van der Waals surface area contributed by atoms with Crippen LogP contribution < -0.4 is 0 Å². The predicted molar refractivity (Wildman–Crippen MR) is 52.7 cm³/mol. The molecule has 3 heteroatoms. The minimum Gasteiger partial charge on any atom is -0.285 e. The Morgan fingerprint density at radius 3 is 2.54 bits per heavy atom. The number of rotatable bonds is 2. The molecule has 1 aromatic carbocycles. The first-order valence-electron chi connectivity index (χ1n) is 4.05. The van der Waals surface area contributed by atoms with E-state index in [4.69, 9.17) is 11.6 Å². The van der Waals surface area contributed by atoms with E-state index in [-0.39, 0.29) is 5.38 Å². The van der Waals surface area contributed by atoms with Gasteiger partial charge in [0.2, 0.25) is 0 Å². The summed E-state index contributed by atoms with van der Waals surface area (Å²) in [6, 6.07) is 9.94. The maximum Gasteiger partial charge on any atom is 0.0865 e. The van der Waals surface area contributed by atoms with E-state index < -0.39 is 0 Å². The molecular formula is C10H9ClN2. The van der Waals surface area contributed by atoms with Gasteiger partial charge in [0.1, 0.15) is 0 Å². The lowest BCUT2D eigenvalue weighted by atomic mass is 10.1. The Kier molecular flexibility index (Phi) is 2.32. The zero-order valence-electron chi connectivity index (χ0n) is 6.94. The average molecular weight is 193 g/mol. The van der Waals surface area contributed by atoms with Crippen LogP contribution in [0.4, 0.5) is 0 Å². The number of hydrogen-bond acceptors (Lipinski definition) is 1. The summed E-state index contributed by atoms with van der Waals surface area (Å²) < 4.78 is 0. The molecule has 66 valence electrons. The Labute approximate surface area is 81.6 Å². The standard InChI is InChI=1S/C10H9ClN2/c11-10(9-6-12-13-7-9)8-4-2-1-3-5-8/h1-7,10H,(H,12,13)/t10-/m1/s1. The topological polar surface area (TPSA) is 28.7 Å². The molecule has 0 aliphatic heterocycles. The van der Waals surface area contributed by atoms with Crippen LogP contribution in [0.25, 0.3) is 0 Å². The summed E-state index contributed by atoms with van der Waals surface area (Å²) in [5, 5.41) is 6.49. The van der Waals surface area contributed by atoms with Gasteiger partial charge in [-0.05, 0) is 5.56 Å². The van der Waals surface area contributed by atoms with Gasteiger partial charge in [-0.3, -0.25) is 5.10 Å². The van der Waals surface area contributed by atoms with E-state index in [1.807, 2.05) is 36.5 Å². The summed E-state index contributed by atoms with van der Waals surface area (Å²) in [6.45, 7) is 0. The maximum absolute atomic E-state index is 6.21. The Morgan fingerprint density at radius 2 is 1.92 bits per heavy atom. The molecule has 1 atom stereocenters. The van der Waals surface area contributed by atoms with Crippen molar-refractivity contribution in [2.45, 2.75) is 5.38 Å². The summed E-state index contributed by atoms with van der Waals surface area (Å²) in [5.74, 6) is 0. The molecule has 0 saturated carbocycles. The number of nitrogens with one attached hydrogen (secondary N) is 1. The van der Waals surface area contributed by atoms with Gasteiger partial charge in [0.05, 0.1) is 11.6 Å². The van der Waals surface area contributed by atoms with Crippen molar-refractivity contribution in [1.82, 2.24) is 10.2 Å². The van der Waals surface area contributed by atoms with E-state index in [1.165, 1.54) is 0 Å². The lowest BCUT2D eigenvalue weighted by Gasteiger charge is -2.05. The third-order valence-electron chi connectivity index (χ3n) is 1.90. The van der Waals surface area contributed by atoms with Crippen LogP contribution in [0.2, 0.25) is 0 Å². The summed E-state index contributed by atoms with van der Waals surface area (Å²) >= 11 is 6.21. The summed E-state index contributed by atoms with van der Waals surface area (Å²) in [7, 11) is 0. The molecule has 0 saturated heterocycles. The van der Waals surface area contributed by atoms with Crippen molar-refractivity contribution >= 4 is 11.6 Å². The second kappa shape index (κ2) is 3.62. The first kappa shape index (κ1) is 8.32. The molecule has 0 bridgehead atoms. The van der Waals surface area contributed by atoms with Gasteiger partial charge in [0, 0.05) is 11.8 Å². The zero-order chi connectivity index (χ0) is 9.10. The molecule has 2 rings (SSSR count). The Hall–Kier alpha value is -1.28. The van der Waals surface area contributed by atoms with E-state index in [0.29, 0.717) is 0 Å². The number of alkyl halides is 1. The molecule has 13 heavy (non-hydrogen) atoms. The Balaban J connectivity index is 2.29. The molecule has 1 heterocycles. The predicted octanol–water partition coefficient (Wildman–Crippen LogP) is 2.74. The molecular weight excluding hydrogens is 184 g/mol. The Morgan fingerprint density at radius 1 is 1.15 bits per heavy atom. The molecule has 0 aliphatic rings. The molecule has 1 aromatic heterocycles. The van der Waals surface area contributed by atoms with Gasteiger partial charge in [0.15, 0.2) is 0 Å². The number of aromatic amines is 1. The highest BCUT2D eigenvalue weighted by atomic mass is 35.5. The van der Waals surface area contributed by atoms with E-state index in [0.717, 1.165) is 11.1 Å². The molecule has 0 amide bonds. The first-order chi connectivity index (χ1) is 6.38. The normalized spacial score (nSPS) is 12.7. The Bertz CT molecular complexity index is 356. The maximum atomic E-state index is 6.21. The van der Waals surface area contributed by atoms with Gasteiger partial charge in [-0.2, -0.15) is 5.10 Å². The van der Waals surface area contributed by atoms with E-state index >= 15 is 0 Å². The number of halogens is 1. The van der Waals surface area contributed by atoms with Crippen molar-refractivity contribution < 1.29 is 0 Å². The van der Waals surface area contributed by atoms with Crippen molar-refractivity contribution in [3.05, 3.63) is 53.9 Å². The average Bonchev–Trinajstić information content (AvgIpc) is 2.71. The van der Waals surface area contributed by atoms with Crippen LogP contribution >= 0.6 is 11.6 Å². The fraction of sp³-hybridized carbons (Fsp3) is 0.100. The third kappa shape index (κ3) is 1.73. The zero-order valence-corrected chi connectivity index (χ0v) is 7.70. The number of aromatic nitrogens is 2. The fourth-order valence-electron chi connectivity index (χ4n) is 1.21. The van der Waals surface area contributed by atoms with Gasteiger partial charge in [-0.25, -0.2) is 0 Å². The fourth-order valence-corrected chi connectivity index (χ4v) is 1.48. The molecule has 0 spiro atoms. The highest BCUT2D eigenvalue weighted by Gasteiger charge is 2.10. The second-order valence-corrected chi connectivity index (χ2v) is 3.24. The SMILES string of the molecule is Cl[C@H](c1ccccc1)c1cn[nH]c1. The van der Waals surface area contributed by atoms with Crippen LogP contribution in [0, 0.1) is 0 Å². The molecule has 2 nitrogen and oxygen atoms in total. The van der Waals surface area contributed by atoms with Crippen LogP contribution in [-0.2, 0) is 0 Å². The lowest BCUT2D eigenvalue weighted by Crippen LogP contribution is -1.89. The van der Waals surface area contributed by atoms with Crippen molar-refractivity contribution in [2.75, 3.05) is 0 Å². The third-order valence-corrected chi connectivity index (χ3v) is 2.41. The highest BCUT2D eigenvalue weighted by molar-refractivity contribution is 6.22. The van der Waals surface area contributed by atoms with Crippen LogP contribution in [0.5, 0.6) is 0 Å². The molecule has 0 unspecified atom stereocenters. The van der Waals surface area contributed by atoms with Crippen LogP contribution in [0.15, 0.2) is 42.7 Å². The smallest absolute Gasteiger partial charge is 0.0865 e. The molecule has 2 aromatic rings. The monoisotopic (exact) mass is 192 g/mol. The van der Waals surface area contributed by atoms with Gasteiger partial charge >= 0.3 is 0 Å². The van der Waals surface area contributed by atoms with Gasteiger partial charge in [-0.15, -0.1) is 11.6 Å². The highest BCUT2D eigenvalue weighted by Crippen LogP contribution is 2.27. The van der Waals surface area contributed by atoms with Crippen LogP contribution in [0.3, 0.4) is 0 Å². The molecule has 0 fully saturated rings. The van der Waals surface area contributed by atoms with Crippen molar-refractivity contribution in [2.24, 2.45) is 0 Å². The van der Waals surface area contributed by atoms with Crippen LogP contribution in [0.1, 0.15) is 16.5 Å². The summed E-state index contributed by atoms with van der Waals surface area (Å²) in [6.07, 6.45) is 3.55. The summed E-state index contributed by atoms with van der Waals surface area (Å²) in [4.78, 5) is 0. The van der Waals surface area contributed by atoms with E-state index in [9.17, 15) is 0 Å². The minimum absolute atomic E-state index is 0.111. The minimum atomic E-state index is -0.111. The van der Waals surface area contributed by atoms with Crippen molar-refractivity contribution in [3.8, 4) is 0 Å². The number of nitrogens with zero attached hydrogens (tertiary/aromatic N) is 1. The van der Waals surface area contributed by atoms with Crippen molar-refractivity contribution in [1.29, 1.82) is 0 Å². The molecule has 0 radical (unpaired) electrons. The van der Waals surface area contributed by atoms with Crippen LogP contribution in [-0.4, -0.2) is 10.2 Å². The number of H-pyrrole nitrogens is 1. The number of benzene rings is 1. The van der Waals surface area contributed by atoms with Gasteiger partial charge < -0.3 is 0 Å². The van der Waals surface area contributed by atoms with E-state index in [1.54, 1.807) is 6.20 Å². The largest absolute Gasteiger partial charge is 0.285 e. The summed E-state index contributed by atoms with van der Waals surface area (Å²) in [5.41, 5.74) is 2.08.